The maximum atomic E-state index is 11.1. The molecule has 0 saturated carbocycles. The molecule has 0 fully saturated rings. The zero-order valence-corrected chi connectivity index (χ0v) is 10.0. The summed E-state index contributed by atoms with van der Waals surface area (Å²) >= 11 is 0. The Hall–Kier alpha value is -0.0203. The summed E-state index contributed by atoms with van der Waals surface area (Å²) in [4.78, 5) is 18.9. The van der Waals surface area contributed by atoms with E-state index in [1.54, 1.807) is 0 Å². The normalized spacial score (nSPS) is 12.5. The fourth-order valence-electron chi connectivity index (χ4n) is 0.126. The monoisotopic (exact) mass is 252 g/mol. The van der Waals surface area contributed by atoms with Crippen LogP contribution in [0, 0.1) is 0 Å². The van der Waals surface area contributed by atoms with Crippen molar-refractivity contribution in [3.05, 3.63) is 0 Å². The maximum absolute atomic E-state index is 11.1. The maximum Gasteiger partial charge on any atom is 2.00 e. The van der Waals surface area contributed by atoms with Crippen LogP contribution in [0.2, 0.25) is 0 Å². The van der Waals surface area contributed by atoms with E-state index in [0.717, 1.165) is 0 Å². The first-order valence-electron chi connectivity index (χ1n) is 3.41. The van der Waals surface area contributed by atoms with Crippen LogP contribution in [-0.2, 0) is 9.59 Å². The zero-order valence-electron chi connectivity index (χ0n) is 7.82. The molecule has 0 aliphatic heterocycles. The van der Waals surface area contributed by atoms with Crippen LogP contribution in [0.5, 0.6) is 0 Å². The Balaban J connectivity index is -0.000000180. The van der Waals surface area contributed by atoms with Crippen molar-refractivity contribution in [2.45, 2.75) is 12.1 Å². The van der Waals surface area contributed by atoms with E-state index in [0.29, 0.717) is 0 Å². The van der Waals surface area contributed by atoms with Crippen molar-refractivity contribution in [3.63, 3.8) is 0 Å². The van der Waals surface area contributed by atoms with Crippen LogP contribution < -0.4 is 21.7 Å². The van der Waals surface area contributed by atoms with Gasteiger partial charge in [0, 0.05) is 0 Å². The molecule has 84 valence electrons. The Bertz CT molecular complexity index is 176. The Morgan fingerprint density at radius 1 is 1.00 bits per heavy atom. The van der Waals surface area contributed by atoms with E-state index in [4.69, 9.17) is 0 Å². The van der Waals surface area contributed by atoms with Gasteiger partial charge in [-0.2, -0.15) is 0 Å². The Labute approximate surface area is 115 Å². The molecule has 0 aliphatic rings. The quantitative estimate of drug-likeness (QED) is 0.486. The van der Waals surface area contributed by atoms with Crippen molar-refractivity contribution in [2.24, 2.45) is 11.5 Å². The summed E-state index contributed by atoms with van der Waals surface area (Å²) in [5, 5.41) is 18.9. The molecule has 0 amide bonds. The average Bonchev–Trinajstić information content (AvgIpc) is 2.15. The van der Waals surface area contributed by atoms with Gasteiger partial charge in [0.15, 0.2) is 0 Å². The first-order chi connectivity index (χ1) is 6.36. The van der Waals surface area contributed by atoms with Gasteiger partial charge in [0.2, 0.25) is 0 Å². The molecule has 0 aromatic carbocycles. The minimum absolute atomic E-state index is 0. The van der Waals surface area contributed by atoms with E-state index >= 15 is 0 Å². The van der Waals surface area contributed by atoms with Crippen LogP contribution in [0.25, 0.3) is 0 Å². The van der Waals surface area contributed by atoms with Crippen molar-refractivity contribution < 1.29 is 28.6 Å². The standard InChI is InChI=1S/2C3H6FNO2.Ca/c2*4-1-2(5)3(6)7;/h2*2H,1,5H2,(H,6,7);/q;;+2/p-2/t2*2-;/m11./s1. The van der Waals surface area contributed by atoms with E-state index in [-0.39, 0.29) is 37.7 Å². The summed E-state index contributed by atoms with van der Waals surface area (Å²) in [6, 6.07) is -2.92. The molecule has 2 atom stereocenters. The van der Waals surface area contributed by atoms with E-state index in [9.17, 15) is 28.6 Å². The van der Waals surface area contributed by atoms with E-state index < -0.39 is 37.4 Å². The molecule has 0 saturated heterocycles. The van der Waals surface area contributed by atoms with E-state index in [1.165, 1.54) is 0 Å². The Morgan fingerprint density at radius 2 is 1.20 bits per heavy atom. The number of hydrogen-bond acceptors (Lipinski definition) is 6. The number of hydrogen-bond donors (Lipinski definition) is 2. The van der Waals surface area contributed by atoms with Gasteiger partial charge >= 0.3 is 37.7 Å². The Kier molecular flexibility index (Phi) is 16.4. The predicted molar refractivity (Wildman–Crippen MR) is 43.7 cm³/mol. The first kappa shape index (κ1) is 20.4. The number of carboxylic acids is 2. The van der Waals surface area contributed by atoms with E-state index in [2.05, 4.69) is 11.5 Å². The number of nitrogens with two attached hydrogens (primary N) is 2. The third kappa shape index (κ3) is 14.0. The minimum Gasteiger partial charge on any atom is -0.548 e. The van der Waals surface area contributed by atoms with Crippen LogP contribution in [0.4, 0.5) is 8.78 Å². The summed E-state index contributed by atoms with van der Waals surface area (Å²) in [5.74, 6) is -3.11. The third-order valence-corrected chi connectivity index (χ3v) is 0.938. The van der Waals surface area contributed by atoms with Crippen LogP contribution in [0.15, 0.2) is 0 Å². The van der Waals surface area contributed by atoms with Gasteiger partial charge in [-0.3, -0.25) is 0 Å². The second-order valence-corrected chi connectivity index (χ2v) is 2.16. The SMILES string of the molecule is N[C@H](CF)C(=O)[O-].N[C@H](CF)C(=O)[O-].[Ca+2]. The Morgan fingerprint density at radius 3 is 1.20 bits per heavy atom. The van der Waals surface area contributed by atoms with Gasteiger partial charge in [-0.05, 0) is 0 Å². The van der Waals surface area contributed by atoms with Gasteiger partial charge in [0.25, 0.3) is 0 Å². The summed E-state index contributed by atoms with van der Waals surface area (Å²) < 4.78 is 22.2. The van der Waals surface area contributed by atoms with Gasteiger partial charge < -0.3 is 31.3 Å². The molecule has 0 aliphatic carbocycles. The molecule has 0 spiro atoms. The van der Waals surface area contributed by atoms with Crippen molar-refractivity contribution in [1.82, 2.24) is 0 Å². The van der Waals surface area contributed by atoms with Crippen molar-refractivity contribution >= 4 is 49.7 Å². The minimum atomic E-state index is -1.55. The van der Waals surface area contributed by atoms with Crippen LogP contribution in [0.1, 0.15) is 0 Å². The van der Waals surface area contributed by atoms with Gasteiger partial charge in [-0.25, -0.2) is 8.78 Å². The second-order valence-electron chi connectivity index (χ2n) is 2.16. The molecule has 0 heterocycles. The summed E-state index contributed by atoms with van der Waals surface area (Å²) in [6.45, 7) is -2.13. The van der Waals surface area contributed by atoms with Gasteiger partial charge in [-0.1, -0.05) is 0 Å². The molecular formula is C6H10CaF2N2O4. The van der Waals surface area contributed by atoms with Gasteiger partial charge in [-0.15, -0.1) is 0 Å². The van der Waals surface area contributed by atoms with Gasteiger partial charge in [0.1, 0.15) is 13.3 Å². The van der Waals surface area contributed by atoms with Crippen molar-refractivity contribution in [2.75, 3.05) is 13.3 Å². The fourth-order valence-corrected chi connectivity index (χ4v) is 0.126. The fraction of sp³-hybridized carbons (Fsp3) is 0.667. The molecule has 0 radical (unpaired) electrons. The third-order valence-electron chi connectivity index (χ3n) is 0.938. The number of rotatable bonds is 4. The number of carbonyl (C=O) groups is 2. The number of alkyl halides is 2. The summed E-state index contributed by atoms with van der Waals surface area (Å²) in [6.07, 6.45) is 0. The molecule has 4 N–H and O–H groups in total. The summed E-state index contributed by atoms with van der Waals surface area (Å²) in [5.41, 5.74) is 9.16. The predicted octanol–water partition coefficient (Wildman–Crippen LogP) is -4.31. The molecule has 9 heteroatoms. The van der Waals surface area contributed by atoms with Crippen molar-refractivity contribution in [3.8, 4) is 0 Å². The second kappa shape index (κ2) is 12.1. The largest absolute Gasteiger partial charge is 2.00 e. The smallest absolute Gasteiger partial charge is 0.548 e. The number of aliphatic carboxylic acids is 2. The van der Waals surface area contributed by atoms with Gasteiger partial charge in [0.05, 0.1) is 24.0 Å². The van der Waals surface area contributed by atoms with Crippen LogP contribution in [-0.4, -0.2) is 75.1 Å². The zero-order chi connectivity index (χ0) is 11.7. The summed E-state index contributed by atoms with van der Waals surface area (Å²) in [7, 11) is 0. The molecule has 0 unspecified atom stereocenters. The van der Waals surface area contributed by atoms with E-state index in [1.807, 2.05) is 0 Å². The van der Waals surface area contributed by atoms with Crippen LogP contribution >= 0.6 is 0 Å². The molecule has 0 aromatic rings. The average molecular weight is 252 g/mol. The first-order valence-corrected chi connectivity index (χ1v) is 3.41. The number of carboxylic acid groups (broad SMARTS) is 2. The molecule has 0 rings (SSSR count). The number of halogens is 2. The molecule has 6 nitrogen and oxygen atoms in total. The molecule has 0 aromatic heterocycles. The number of carbonyl (C=O) groups excluding carboxylic acids is 2. The van der Waals surface area contributed by atoms with Crippen LogP contribution in [0.3, 0.4) is 0 Å². The molecule has 0 bridgehead atoms. The molecular weight excluding hydrogens is 242 g/mol. The molecule has 15 heavy (non-hydrogen) atoms. The topological polar surface area (TPSA) is 132 Å². The van der Waals surface area contributed by atoms with Crippen molar-refractivity contribution in [1.29, 1.82) is 0 Å².